The number of carbonyl (C=O) groups is 1. The van der Waals surface area contributed by atoms with Crippen LogP contribution in [0.5, 0.6) is 0 Å². The number of carbonyl (C=O) groups excluding carboxylic acids is 1. The summed E-state index contributed by atoms with van der Waals surface area (Å²) in [5, 5.41) is -0.194. The molecule has 0 aliphatic carbocycles. The van der Waals surface area contributed by atoms with E-state index in [0.717, 1.165) is 5.69 Å². The Kier molecular flexibility index (Phi) is 6.12. The predicted octanol–water partition coefficient (Wildman–Crippen LogP) is 2.08. The van der Waals surface area contributed by atoms with Gasteiger partial charge in [-0.1, -0.05) is 0 Å². The number of alkyl halides is 1. The van der Waals surface area contributed by atoms with Crippen molar-refractivity contribution in [2.45, 2.75) is 5.38 Å². The van der Waals surface area contributed by atoms with Crippen LogP contribution in [0.3, 0.4) is 0 Å². The molecular formula is C14H21ClN2O2. The molecule has 0 fully saturated rings. The Morgan fingerprint density at radius 1 is 1.26 bits per heavy atom. The van der Waals surface area contributed by atoms with Gasteiger partial charge in [0.1, 0.15) is 0 Å². The Morgan fingerprint density at radius 3 is 2.32 bits per heavy atom. The lowest BCUT2D eigenvalue weighted by molar-refractivity contribution is 0.0781. The van der Waals surface area contributed by atoms with Gasteiger partial charge in [0, 0.05) is 46.0 Å². The average Bonchev–Trinajstić information content (AvgIpc) is 2.38. The highest BCUT2D eigenvalue weighted by Crippen LogP contribution is 2.14. The molecule has 0 saturated heterocycles. The smallest absolute Gasteiger partial charge is 0.253 e. The molecule has 1 aromatic rings. The molecule has 1 unspecified atom stereocenters. The van der Waals surface area contributed by atoms with Crippen molar-refractivity contribution < 1.29 is 9.53 Å². The lowest BCUT2D eigenvalue weighted by Gasteiger charge is -2.20. The van der Waals surface area contributed by atoms with Crippen LogP contribution in [0.25, 0.3) is 0 Å². The molecule has 0 radical (unpaired) electrons. The molecule has 106 valence electrons. The van der Waals surface area contributed by atoms with Gasteiger partial charge < -0.3 is 14.5 Å². The van der Waals surface area contributed by atoms with Crippen molar-refractivity contribution in [2.24, 2.45) is 0 Å². The van der Waals surface area contributed by atoms with Crippen molar-refractivity contribution in [3.8, 4) is 0 Å². The van der Waals surface area contributed by atoms with Crippen LogP contribution in [-0.4, -0.2) is 57.6 Å². The fraction of sp³-hybridized carbons (Fsp3) is 0.500. The highest BCUT2D eigenvalue weighted by molar-refractivity contribution is 6.21. The fourth-order valence-electron chi connectivity index (χ4n) is 1.74. The summed E-state index contributed by atoms with van der Waals surface area (Å²) in [5.41, 5.74) is 1.73. The maximum Gasteiger partial charge on any atom is 0.253 e. The summed E-state index contributed by atoms with van der Waals surface area (Å²) in [6.07, 6.45) is 0. The molecule has 1 amide bonds. The van der Waals surface area contributed by atoms with Crippen LogP contribution in [0.2, 0.25) is 0 Å². The Morgan fingerprint density at radius 2 is 1.84 bits per heavy atom. The SMILES string of the molecule is COCC(Cl)CN(C)C(=O)c1ccc(N(C)C)cc1. The van der Waals surface area contributed by atoms with Crippen LogP contribution < -0.4 is 4.90 Å². The highest BCUT2D eigenvalue weighted by atomic mass is 35.5. The molecule has 0 aliphatic heterocycles. The number of anilines is 1. The summed E-state index contributed by atoms with van der Waals surface area (Å²) in [4.78, 5) is 15.8. The van der Waals surface area contributed by atoms with Crippen molar-refractivity contribution in [2.75, 3.05) is 46.3 Å². The normalized spacial score (nSPS) is 12.1. The summed E-state index contributed by atoms with van der Waals surface area (Å²) >= 11 is 6.05. The molecule has 0 aliphatic rings. The van der Waals surface area contributed by atoms with Crippen molar-refractivity contribution >= 4 is 23.2 Å². The van der Waals surface area contributed by atoms with E-state index in [-0.39, 0.29) is 11.3 Å². The first kappa shape index (κ1) is 15.8. The second-order valence-corrected chi connectivity index (χ2v) is 5.30. The Hall–Kier alpha value is -1.26. The number of benzene rings is 1. The van der Waals surface area contributed by atoms with E-state index in [9.17, 15) is 4.79 Å². The van der Waals surface area contributed by atoms with Gasteiger partial charge in [0.2, 0.25) is 0 Å². The van der Waals surface area contributed by atoms with Gasteiger partial charge in [0.05, 0.1) is 12.0 Å². The molecule has 1 aromatic carbocycles. The molecule has 0 bridgehead atoms. The summed E-state index contributed by atoms with van der Waals surface area (Å²) < 4.78 is 4.96. The third-order valence-electron chi connectivity index (χ3n) is 2.80. The molecule has 4 nitrogen and oxygen atoms in total. The first-order valence-corrected chi connectivity index (χ1v) is 6.55. The number of nitrogens with zero attached hydrogens (tertiary/aromatic N) is 2. The van der Waals surface area contributed by atoms with Gasteiger partial charge in [-0.3, -0.25) is 4.79 Å². The molecule has 19 heavy (non-hydrogen) atoms. The third kappa shape index (κ3) is 4.73. The number of amides is 1. The van der Waals surface area contributed by atoms with Gasteiger partial charge in [-0.25, -0.2) is 0 Å². The van der Waals surface area contributed by atoms with Crippen LogP contribution >= 0.6 is 11.6 Å². The Labute approximate surface area is 119 Å². The Balaban J connectivity index is 2.66. The zero-order valence-electron chi connectivity index (χ0n) is 11.9. The largest absolute Gasteiger partial charge is 0.383 e. The van der Waals surface area contributed by atoms with E-state index in [2.05, 4.69) is 0 Å². The third-order valence-corrected chi connectivity index (χ3v) is 3.06. The van der Waals surface area contributed by atoms with E-state index in [0.29, 0.717) is 18.7 Å². The first-order chi connectivity index (χ1) is 8.95. The maximum atomic E-state index is 12.2. The Bertz CT molecular complexity index is 406. The average molecular weight is 285 g/mol. The van der Waals surface area contributed by atoms with Gasteiger partial charge in [0.25, 0.3) is 5.91 Å². The molecule has 1 atom stereocenters. The summed E-state index contributed by atoms with van der Waals surface area (Å²) in [7, 11) is 7.27. The standard InChI is InChI=1S/C14H21ClN2O2/c1-16(2)13-7-5-11(6-8-13)14(18)17(3)9-12(15)10-19-4/h5-8,12H,9-10H2,1-4H3. The van der Waals surface area contributed by atoms with Crippen LogP contribution in [-0.2, 0) is 4.74 Å². The van der Waals surface area contributed by atoms with Crippen molar-refractivity contribution in [1.82, 2.24) is 4.90 Å². The van der Waals surface area contributed by atoms with Crippen molar-refractivity contribution in [3.63, 3.8) is 0 Å². The lowest BCUT2D eigenvalue weighted by Crippen LogP contribution is -2.33. The van der Waals surface area contributed by atoms with E-state index in [1.807, 2.05) is 43.3 Å². The minimum Gasteiger partial charge on any atom is -0.383 e. The molecule has 0 saturated carbocycles. The minimum absolute atomic E-state index is 0.0351. The molecule has 0 spiro atoms. The first-order valence-electron chi connectivity index (χ1n) is 6.11. The number of methoxy groups -OCH3 is 1. The second-order valence-electron chi connectivity index (χ2n) is 4.68. The highest BCUT2D eigenvalue weighted by Gasteiger charge is 2.15. The van der Waals surface area contributed by atoms with Gasteiger partial charge in [0.15, 0.2) is 0 Å². The van der Waals surface area contributed by atoms with Crippen molar-refractivity contribution in [3.05, 3.63) is 29.8 Å². The van der Waals surface area contributed by atoms with E-state index < -0.39 is 0 Å². The molecule has 1 rings (SSSR count). The minimum atomic E-state index is -0.194. The quantitative estimate of drug-likeness (QED) is 0.750. The van der Waals surface area contributed by atoms with Gasteiger partial charge in [-0.05, 0) is 24.3 Å². The topological polar surface area (TPSA) is 32.8 Å². The monoisotopic (exact) mass is 284 g/mol. The second kappa shape index (κ2) is 7.36. The number of hydrogen-bond donors (Lipinski definition) is 0. The zero-order valence-corrected chi connectivity index (χ0v) is 12.6. The van der Waals surface area contributed by atoms with E-state index in [1.165, 1.54) is 0 Å². The van der Waals surface area contributed by atoms with Crippen LogP contribution in [0.1, 0.15) is 10.4 Å². The predicted molar refractivity (Wildman–Crippen MR) is 79.2 cm³/mol. The summed E-state index contributed by atoms with van der Waals surface area (Å²) in [5.74, 6) is -0.0351. The summed E-state index contributed by atoms with van der Waals surface area (Å²) in [6.45, 7) is 0.891. The zero-order chi connectivity index (χ0) is 14.4. The fourth-order valence-corrected chi connectivity index (χ4v) is 2.07. The molecule has 0 heterocycles. The van der Waals surface area contributed by atoms with E-state index in [4.69, 9.17) is 16.3 Å². The van der Waals surface area contributed by atoms with E-state index >= 15 is 0 Å². The van der Waals surface area contributed by atoms with Gasteiger partial charge >= 0.3 is 0 Å². The molecule has 0 N–H and O–H groups in total. The number of rotatable bonds is 6. The number of ether oxygens (including phenoxy) is 1. The van der Waals surface area contributed by atoms with Crippen LogP contribution in [0, 0.1) is 0 Å². The number of halogens is 1. The molecule has 5 heteroatoms. The number of hydrogen-bond acceptors (Lipinski definition) is 3. The van der Waals surface area contributed by atoms with Gasteiger partial charge in [-0.2, -0.15) is 0 Å². The summed E-state index contributed by atoms with van der Waals surface area (Å²) in [6, 6.07) is 7.50. The molecular weight excluding hydrogens is 264 g/mol. The van der Waals surface area contributed by atoms with Gasteiger partial charge in [-0.15, -0.1) is 11.6 Å². The maximum absolute atomic E-state index is 12.2. The van der Waals surface area contributed by atoms with Crippen molar-refractivity contribution in [1.29, 1.82) is 0 Å². The van der Waals surface area contributed by atoms with Crippen LogP contribution in [0.15, 0.2) is 24.3 Å². The van der Waals surface area contributed by atoms with E-state index in [1.54, 1.807) is 19.1 Å². The lowest BCUT2D eigenvalue weighted by atomic mass is 10.1. The van der Waals surface area contributed by atoms with Crippen LogP contribution in [0.4, 0.5) is 5.69 Å². The molecule has 0 aromatic heterocycles.